The number of fused-ring (bicyclic) bond motifs is 2. The maximum atomic E-state index is 15.0. The molecule has 7 atom stereocenters. The Labute approximate surface area is 286 Å². The summed E-state index contributed by atoms with van der Waals surface area (Å²) in [5.41, 5.74) is 1.82. The van der Waals surface area contributed by atoms with Gasteiger partial charge in [0.2, 0.25) is 11.8 Å². The fourth-order valence-corrected chi connectivity index (χ4v) is 7.72. The molecule has 4 aliphatic heterocycles. The number of ether oxygens (including phenoxy) is 3. The number of aliphatic hydroxyl groups is 1. The summed E-state index contributed by atoms with van der Waals surface area (Å²) in [7, 11) is 1.51. The van der Waals surface area contributed by atoms with Gasteiger partial charge < -0.3 is 34.4 Å². The Morgan fingerprint density at radius 3 is 2.57 bits per heavy atom. The van der Waals surface area contributed by atoms with Gasteiger partial charge in [-0.15, -0.1) is 0 Å². The Kier molecular flexibility index (Phi) is 10.3. The third-order valence-corrected chi connectivity index (χ3v) is 10.0. The lowest BCUT2D eigenvalue weighted by molar-refractivity contribution is -0.162. The van der Waals surface area contributed by atoms with Crippen LogP contribution in [0.2, 0.25) is 0 Å². The van der Waals surface area contributed by atoms with Crippen molar-refractivity contribution in [1.29, 1.82) is 0 Å². The molecule has 2 saturated heterocycles. The van der Waals surface area contributed by atoms with E-state index in [4.69, 9.17) is 14.2 Å². The number of anilines is 1. The molecule has 0 aromatic heterocycles. The van der Waals surface area contributed by atoms with E-state index in [-0.39, 0.29) is 50.4 Å². The number of hydrogen-bond acceptors (Lipinski definition) is 8. The number of carbonyl (C=O) groups is 4. The van der Waals surface area contributed by atoms with Crippen molar-refractivity contribution >= 4 is 29.4 Å². The van der Waals surface area contributed by atoms with Crippen molar-refractivity contribution in [3.63, 3.8) is 0 Å². The summed E-state index contributed by atoms with van der Waals surface area (Å²) in [6, 6.07) is 13.2. The number of allylic oxidation sites excluding steroid dienone is 1. The number of benzene rings is 2. The minimum Gasteiger partial charge on any atom is -0.455 e. The van der Waals surface area contributed by atoms with Crippen molar-refractivity contribution in [3.8, 4) is 0 Å². The molecule has 49 heavy (non-hydrogen) atoms. The zero-order chi connectivity index (χ0) is 34.7. The standard InChI is InChI=1S/C38H45N3O8/c1-24-15-16-25(2)28(22-24)40-19-9-5-8-14-30(43)39-27(23-47-3)33(26-12-6-4-7-13-26)48-37(46)31-29-17-18-38(49-29)32(31)35(44)41(20-10-11-21-42)34(38)36(40)45/h4-7,9,12-13,15-18,22,27,29,31-34,42H,8,10-11,14,19-21,23H2,1-3H3,(H,39,43)/b9-5-/t27-,29+,31-,32-,33-,34+,38-/m0/s1. The molecule has 6 rings (SSSR count). The maximum absolute atomic E-state index is 15.0. The third kappa shape index (κ3) is 6.54. The van der Waals surface area contributed by atoms with Crippen molar-refractivity contribution in [3.05, 3.63) is 89.5 Å². The van der Waals surface area contributed by atoms with Gasteiger partial charge in [0.15, 0.2) is 0 Å². The van der Waals surface area contributed by atoms with Crippen LogP contribution in [-0.2, 0) is 33.4 Å². The average Bonchev–Trinajstić information content (AvgIpc) is 3.73. The van der Waals surface area contributed by atoms with E-state index in [1.54, 1.807) is 22.0 Å². The fraction of sp³-hybridized carbons (Fsp3) is 0.474. The van der Waals surface area contributed by atoms with Gasteiger partial charge in [-0.05, 0) is 55.9 Å². The van der Waals surface area contributed by atoms with Crippen LogP contribution in [0.5, 0.6) is 0 Å². The number of rotatable bonds is 8. The molecule has 4 heterocycles. The highest BCUT2D eigenvalue weighted by Crippen LogP contribution is 2.56. The first-order valence-corrected chi connectivity index (χ1v) is 17.1. The highest BCUT2D eigenvalue weighted by Gasteiger charge is 2.73. The number of methoxy groups -OCH3 is 1. The van der Waals surface area contributed by atoms with Gasteiger partial charge in [0.25, 0.3) is 5.91 Å². The number of hydrogen-bond donors (Lipinski definition) is 2. The SMILES string of the molecule is COC[C@@H]1NC(=O)CC/C=C\CN(c2cc(C)ccc2C)C(=O)[C@H]2N(CCCCO)C(=O)[C@@H]3[C@@H](C(=O)O[C@H]1c1ccccc1)[C@H]1C=C[C@]32O1. The molecule has 2 aromatic carbocycles. The zero-order valence-corrected chi connectivity index (χ0v) is 28.2. The number of cyclic esters (lactones) is 1. The predicted octanol–water partition coefficient (Wildman–Crippen LogP) is 3.33. The average molecular weight is 672 g/mol. The summed E-state index contributed by atoms with van der Waals surface area (Å²) in [5.74, 6) is -3.61. The molecule has 0 saturated carbocycles. The molecule has 4 aliphatic rings. The molecule has 2 aromatic rings. The molecule has 1 spiro atoms. The van der Waals surface area contributed by atoms with Gasteiger partial charge in [-0.2, -0.15) is 0 Å². The molecule has 0 unspecified atom stereocenters. The number of aliphatic hydroxyl groups excluding tert-OH is 1. The first-order valence-electron chi connectivity index (χ1n) is 17.1. The van der Waals surface area contributed by atoms with Crippen molar-refractivity contribution < 1.29 is 38.5 Å². The lowest BCUT2D eigenvalue weighted by Crippen LogP contribution is -2.56. The van der Waals surface area contributed by atoms with Crippen molar-refractivity contribution in [2.24, 2.45) is 11.8 Å². The number of likely N-dealkylation sites (tertiary alicyclic amines) is 1. The van der Waals surface area contributed by atoms with Crippen LogP contribution >= 0.6 is 0 Å². The molecular weight excluding hydrogens is 626 g/mol. The molecule has 5 bridgehead atoms. The number of aryl methyl sites for hydroxylation is 2. The Morgan fingerprint density at radius 1 is 1.02 bits per heavy atom. The van der Waals surface area contributed by atoms with Crippen LogP contribution in [0, 0.1) is 25.7 Å². The number of nitrogens with one attached hydrogen (secondary N) is 1. The van der Waals surface area contributed by atoms with Crippen LogP contribution in [0.4, 0.5) is 5.69 Å². The Hall–Kier alpha value is -4.32. The monoisotopic (exact) mass is 671 g/mol. The number of carbonyl (C=O) groups excluding carboxylic acids is 4. The van der Waals surface area contributed by atoms with Crippen LogP contribution in [0.1, 0.15) is 48.5 Å². The largest absolute Gasteiger partial charge is 0.455 e. The minimum absolute atomic E-state index is 0.0535. The maximum Gasteiger partial charge on any atom is 0.313 e. The zero-order valence-electron chi connectivity index (χ0n) is 28.2. The molecule has 2 N–H and O–H groups in total. The summed E-state index contributed by atoms with van der Waals surface area (Å²) in [4.78, 5) is 60.3. The molecule has 0 aliphatic carbocycles. The molecule has 260 valence electrons. The first-order chi connectivity index (χ1) is 23.7. The molecule has 3 amide bonds. The molecule has 2 fully saturated rings. The van der Waals surface area contributed by atoms with E-state index >= 15 is 4.79 Å². The highest BCUT2D eigenvalue weighted by molar-refractivity contribution is 6.05. The van der Waals surface area contributed by atoms with Crippen LogP contribution < -0.4 is 10.2 Å². The summed E-state index contributed by atoms with van der Waals surface area (Å²) < 4.78 is 18.3. The lowest BCUT2D eigenvalue weighted by Gasteiger charge is -2.36. The lowest BCUT2D eigenvalue weighted by atomic mass is 9.74. The Bertz CT molecular complexity index is 1630. The fourth-order valence-electron chi connectivity index (χ4n) is 7.72. The van der Waals surface area contributed by atoms with Crippen molar-refractivity contribution in [2.75, 3.05) is 38.3 Å². The Morgan fingerprint density at radius 2 is 1.82 bits per heavy atom. The summed E-state index contributed by atoms with van der Waals surface area (Å²) in [5, 5.41) is 12.6. The second kappa shape index (κ2) is 14.7. The number of nitrogens with zero attached hydrogens (tertiary/aromatic N) is 2. The van der Waals surface area contributed by atoms with E-state index in [0.717, 1.165) is 11.1 Å². The van der Waals surface area contributed by atoms with Gasteiger partial charge in [-0.25, -0.2) is 0 Å². The van der Waals surface area contributed by atoms with Gasteiger partial charge in [0.05, 0.1) is 24.7 Å². The second-order valence-electron chi connectivity index (χ2n) is 13.3. The Balaban J connectivity index is 1.46. The van der Waals surface area contributed by atoms with Crippen LogP contribution in [-0.4, -0.2) is 90.9 Å². The van der Waals surface area contributed by atoms with E-state index in [0.29, 0.717) is 30.5 Å². The second-order valence-corrected chi connectivity index (χ2v) is 13.3. The van der Waals surface area contributed by atoms with E-state index in [2.05, 4.69) is 5.32 Å². The van der Waals surface area contributed by atoms with Gasteiger partial charge in [-0.1, -0.05) is 66.8 Å². The summed E-state index contributed by atoms with van der Waals surface area (Å²) >= 11 is 0. The molecule has 11 nitrogen and oxygen atoms in total. The van der Waals surface area contributed by atoms with Gasteiger partial charge >= 0.3 is 5.97 Å². The topological polar surface area (TPSA) is 135 Å². The minimum atomic E-state index is -1.39. The molecule has 11 heteroatoms. The van der Waals surface area contributed by atoms with E-state index in [1.165, 1.54) is 7.11 Å². The van der Waals surface area contributed by atoms with Crippen molar-refractivity contribution in [2.45, 2.75) is 69.4 Å². The molecular formula is C38H45N3O8. The van der Waals surface area contributed by atoms with Crippen LogP contribution in [0.15, 0.2) is 72.8 Å². The van der Waals surface area contributed by atoms with Gasteiger partial charge in [-0.3, -0.25) is 19.2 Å². The molecule has 0 radical (unpaired) electrons. The van der Waals surface area contributed by atoms with Crippen molar-refractivity contribution in [1.82, 2.24) is 10.2 Å². The number of esters is 1. The van der Waals surface area contributed by atoms with Crippen LogP contribution in [0.3, 0.4) is 0 Å². The summed E-state index contributed by atoms with van der Waals surface area (Å²) in [6.45, 7) is 4.32. The predicted molar refractivity (Wildman–Crippen MR) is 181 cm³/mol. The number of amides is 3. The quantitative estimate of drug-likeness (QED) is 0.248. The van der Waals surface area contributed by atoms with E-state index in [9.17, 15) is 19.5 Å². The van der Waals surface area contributed by atoms with Gasteiger partial charge in [0, 0.05) is 38.9 Å². The first kappa shape index (κ1) is 34.5. The normalized spacial score (nSPS) is 30.8. The third-order valence-electron chi connectivity index (χ3n) is 10.0. The smallest absolute Gasteiger partial charge is 0.313 e. The van der Waals surface area contributed by atoms with E-state index < -0.39 is 47.7 Å². The summed E-state index contributed by atoms with van der Waals surface area (Å²) in [6.07, 6.45) is 7.08. The number of unbranched alkanes of at least 4 members (excludes halogenated alkanes) is 1. The van der Waals surface area contributed by atoms with Crippen LogP contribution in [0.25, 0.3) is 0 Å². The van der Waals surface area contributed by atoms with Gasteiger partial charge in [0.1, 0.15) is 23.7 Å². The highest BCUT2D eigenvalue weighted by atomic mass is 16.6. The van der Waals surface area contributed by atoms with E-state index in [1.807, 2.05) is 74.5 Å².